The van der Waals surface area contributed by atoms with Gasteiger partial charge in [0.05, 0.1) is 19.1 Å². The Hall–Kier alpha value is -1.55. The van der Waals surface area contributed by atoms with Crippen molar-refractivity contribution >= 4 is 5.91 Å². The van der Waals surface area contributed by atoms with Crippen LogP contribution in [0.25, 0.3) is 0 Å². The normalized spacial score (nSPS) is 27.7. The zero-order valence-corrected chi connectivity index (χ0v) is 12.5. The Kier molecular flexibility index (Phi) is 4.15. The van der Waals surface area contributed by atoms with E-state index >= 15 is 0 Å². The molecule has 2 saturated heterocycles. The summed E-state index contributed by atoms with van der Waals surface area (Å²) in [5.74, 6) is 0.988. The van der Waals surface area contributed by atoms with Crippen LogP contribution in [0.3, 0.4) is 0 Å². The minimum Gasteiger partial charge on any atom is -0.493 e. The van der Waals surface area contributed by atoms with Crippen molar-refractivity contribution in [2.75, 3.05) is 6.61 Å². The van der Waals surface area contributed by atoms with Crippen LogP contribution in [0.15, 0.2) is 24.3 Å². The highest BCUT2D eigenvalue weighted by Gasteiger charge is 2.42. The summed E-state index contributed by atoms with van der Waals surface area (Å²) in [6, 6.07) is 8.35. The molecule has 0 radical (unpaired) electrons. The molecule has 0 saturated carbocycles. The molecule has 2 heterocycles. The first-order chi connectivity index (χ1) is 10.1. The Morgan fingerprint density at radius 3 is 2.71 bits per heavy atom. The fraction of sp³-hybridized carbons (Fsp3) is 0.588. The van der Waals surface area contributed by atoms with Gasteiger partial charge >= 0.3 is 0 Å². The molecule has 2 unspecified atom stereocenters. The highest BCUT2D eigenvalue weighted by molar-refractivity contribution is 5.77. The van der Waals surface area contributed by atoms with E-state index in [0.29, 0.717) is 13.0 Å². The molecule has 1 amide bonds. The maximum Gasteiger partial charge on any atom is 0.226 e. The predicted molar refractivity (Wildman–Crippen MR) is 80.2 cm³/mol. The minimum absolute atomic E-state index is 0.169. The number of aliphatic hydroxyl groups is 1. The van der Waals surface area contributed by atoms with E-state index in [1.54, 1.807) is 0 Å². The maximum absolute atomic E-state index is 12.4. The van der Waals surface area contributed by atoms with Gasteiger partial charge in [0.25, 0.3) is 0 Å². The smallest absolute Gasteiger partial charge is 0.226 e. The number of aliphatic hydroxyl groups excluding tert-OH is 1. The van der Waals surface area contributed by atoms with Crippen LogP contribution in [0.4, 0.5) is 0 Å². The molecular weight excluding hydrogens is 266 g/mol. The second kappa shape index (κ2) is 6.06. The number of hydrogen-bond acceptors (Lipinski definition) is 3. The number of piperidine rings is 1. The van der Waals surface area contributed by atoms with Gasteiger partial charge in [0.1, 0.15) is 5.75 Å². The zero-order chi connectivity index (χ0) is 14.8. The van der Waals surface area contributed by atoms with Crippen LogP contribution in [-0.2, 0) is 4.79 Å². The van der Waals surface area contributed by atoms with Crippen LogP contribution < -0.4 is 4.74 Å². The summed E-state index contributed by atoms with van der Waals surface area (Å²) in [7, 11) is 0. The van der Waals surface area contributed by atoms with E-state index in [4.69, 9.17) is 4.74 Å². The Labute approximate surface area is 125 Å². The predicted octanol–water partition coefficient (Wildman–Crippen LogP) is 2.28. The lowest BCUT2D eigenvalue weighted by atomic mass is 9.99. The quantitative estimate of drug-likeness (QED) is 0.925. The van der Waals surface area contributed by atoms with Gasteiger partial charge in [0.15, 0.2) is 0 Å². The molecule has 2 bridgehead atoms. The van der Waals surface area contributed by atoms with E-state index < -0.39 is 0 Å². The largest absolute Gasteiger partial charge is 0.493 e. The summed E-state index contributed by atoms with van der Waals surface area (Å²) in [6.45, 7) is 2.44. The first-order valence-corrected chi connectivity index (χ1v) is 7.82. The van der Waals surface area contributed by atoms with E-state index in [1.807, 2.05) is 36.1 Å². The molecular formula is C17H23NO3. The molecule has 4 nitrogen and oxygen atoms in total. The second-order valence-electron chi connectivity index (χ2n) is 6.23. The molecule has 0 aromatic heterocycles. The molecule has 1 aromatic rings. The van der Waals surface area contributed by atoms with Crippen LogP contribution in [0.2, 0.25) is 0 Å². The third kappa shape index (κ3) is 3.21. The molecule has 2 aliphatic heterocycles. The van der Waals surface area contributed by atoms with Crippen molar-refractivity contribution in [1.29, 1.82) is 0 Å². The Morgan fingerprint density at radius 2 is 2.05 bits per heavy atom. The summed E-state index contributed by atoms with van der Waals surface area (Å²) < 4.78 is 5.66. The summed E-state index contributed by atoms with van der Waals surface area (Å²) in [6.07, 6.45) is 3.73. The molecule has 4 heteroatoms. The molecule has 1 N–H and O–H groups in total. The maximum atomic E-state index is 12.4. The third-order valence-electron chi connectivity index (χ3n) is 4.57. The number of amides is 1. The lowest BCUT2D eigenvalue weighted by molar-refractivity contribution is -0.137. The van der Waals surface area contributed by atoms with Crippen LogP contribution >= 0.6 is 0 Å². The average Bonchev–Trinajstić information content (AvgIpc) is 2.71. The first-order valence-electron chi connectivity index (χ1n) is 7.82. The Morgan fingerprint density at radius 1 is 1.33 bits per heavy atom. The van der Waals surface area contributed by atoms with Gasteiger partial charge in [-0.05, 0) is 50.3 Å². The van der Waals surface area contributed by atoms with Crippen molar-refractivity contribution < 1.29 is 14.6 Å². The monoisotopic (exact) mass is 289 g/mol. The fourth-order valence-corrected chi connectivity index (χ4v) is 3.65. The number of nitrogens with zero attached hydrogens (tertiary/aromatic N) is 1. The van der Waals surface area contributed by atoms with Crippen molar-refractivity contribution in [2.45, 2.75) is 57.2 Å². The molecule has 2 aliphatic rings. The fourth-order valence-electron chi connectivity index (χ4n) is 3.65. The summed E-state index contributed by atoms with van der Waals surface area (Å²) in [4.78, 5) is 14.4. The van der Waals surface area contributed by atoms with Gasteiger partial charge in [-0.1, -0.05) is 12.1 Å². The summed E-state index contributed by atoms with van der Waals surface area (Å²) >= 11 is 0. The van der Waals surface area contributed by atoms with Gasteiger partial charge in [0, 0.05) is 12.1 Å². The molecule has 2 atom stereocenters. The van der Waals surface area contributed by atoms with Gasteiger partial charge in [-0.3, -0.25) is 4.79 Å². The van der Waals surface area contributed by atoms with Gasteiger partial charge in [-0.25, -0.2) is 0 Å². The van der Waals surface area contributed by atoms with Crippen molar-refractivity contribution in [3.05, 3.63) is 29.8 Å². The first kappa shape index (κ1) is 14.4. The second-order valence-corrected chi connectivity index (χ2v) is 6.23. The van der Waals surface area contributed by atoms with Gasteiger partial charge in [0.2, 0.25) is 5.91 Å². The van der Waals surface area contributed by atoms with E-state index in [-0.39, 0.29) is 24.1 Å². The summed E-state index contributed by atoms with van der Waals surface area (Å²) in [5, 5.41) is 9.78. The molecule has 0 aliphatic carbocycles. The standard InChI is InChI=1S/C17H23NO3/c1-12-3-2-4-16(9-12)21-8-7-17(20)18-13-5-6-14(18)11-15(19)10-13/h2-4,9,13-15,19H,5-8,10-11H2,1H3. The number of fused-ring (bicyclic) bond motifs is 2. The number of carbonyl (C=O) groups is 1. The van der Waals surface area contributed by atoms with Crippen LogP contribution in [-0.4, -0.2) is 40.7 Å². The van der Waals surface area contributed by atoms with Gasteiger partial charge in [-0.2, -0.15) is 0 Å². The number of aryl methyl sites for hydroxylation is 1. The number of rotatable bonds is 4. The topological polar surface area (TPSA) is 49.8 Å². The van der Waals surface area contributed by atoms with E-state index in [1.165, 1.54) is 0 Å². The highest BCUT2D eigenvalue weighted by atomic mass is 16.5. The number of hydrogen-bond donors (Lipinski definition) is 1. The molecule has 0 spiro atoms. The minimum atomic E-state index is -0.227. The average molecular weight is 289 g/mol. The lowest BCUT2D eigenvalue weighted by Crippen LogP contribution is -2.48. The third-order valence-corrected chi connectivity index (χ3v) is 4.57. The van der Waals surface area contributed by atoms with Gasteiger partial charge < -0.3 is 14.7 Å². The number of carbonyl (C=O) groups excluding carboxylic acids is 1. The molecule has 21 heavy (non-hydrogen) atoms. The van der Waals surface area contributed by atoms with E-state index in [2.05, 4.69) is 0 Å². The lowest BCUT2D eigenvalue weighted by Gasteiger charge is -2.37. The number of ether oxygens (including phenoxy) is 1. The van der Waals surface area contributed by atoms with Crippen LogP contribution in [0.5, 0.6) is 5.75 Å². The Bertz CT molecular complexity index is 503. The van der Waals surface area contributed by atoms with Gasteiger partial charge in [-0.15, -0.1) is 0 Å². The van der Waals surface area contributed by atoms with E-state index in [0.717, 1.165) is 37.0 Å². The van der Waals surface area contributed by atoms with Crippen molar-refractivity contribution in [3.8, 4) is 5.75 Å². The Balaban J connectivity index is 1.51. The molecule has 1 aromatic carbocycles. The number of benzene rings is 1. The molecule has 114 valence electrons. The highest BCUT2D eigenvalue weighted by Crippen LogP contribution is 2.36. The van der Waals surface area contributed by atoms with Crippen molar-refractivity contribution in [1.82, 2.24) is 4.90 Å². The van der Waals surface area contributed by atoms with Crippen molar-refractivity contribution in [3.63, 3.8) is 0 Å². The summed E-state index contributed by atoms with van der Waals surface area (Å²) in [5.41, 5.74) is 1.15. The van der Waals surface area contributed by atoms with Crippen LogP contribution in [0, 0.1) is 6.92 Å². The van der Waals surface area contributed by atoms with Crippen LogP contribution in [0.1, 0.15) is 37.7 Å². The van der Waals surface area contributed by atoms with E-state index in [9.17, 15) is 9.90 Å². The molecule has 3 rings (SSSR count). The van der Waals surface area contributed by atoms with Crippen molar-refractivity contribution in [2.24, 2.45) is 0 Å². The molecule has 2 fully saturated rings. The SMILES string of the molecule is Cc1cccc(OCCC(=O)N2C3CCC2CC(O)C3)c1. The zero-order valence-electron chi connectivity index (χ0n) is 12.5.